The lowest BCUT2D eigenvalue weighted by Gasteiger charge is -1.95. The Kier molecular flexibility index (Phi) is 3.62. The maximum atomic E-state index is 8.76. The molecular formula is C18H12N2O. The molecule has 0 aliphatic heterocycles. The van der Waals surface area contributed by atoms with Crippen LogP contribution in [0, 0.1) is 11.3 Å². The molecule has 0 radical (unpaired) electrons. The molecule has 3 rings (SSSR count). The number of benzene rings is 1. The van der Waals surface area contributed by atoms with Gasteiger partial charge in [-0.2, -0.15) is 5.26 Å². The van der Waals surface area contributed by atoms with Crippen LogP contribution in [-0.2, 0) is 0 Å². The molecule has 0 saturated heterocycles. The van der Waals surface area contributed by atoms with Gasteiger partial charge >= 0.3 is 0 Å². The standard InChI is InChI=1S/C18H12N2O/c19-12-15-7-10-17(20-13-15)18-11-9-16(21-18)8-6-14-4-2-1-3-5-14/h1-11,13H. The fourth-order valence-corrected chi connectivity index (χ4v) is 1.93. The maximum absolute atomic E-state index is 8.76. The third-order valence-corrected chi connectivity index (χ3v) is 3.01. The van der Waals surface area contributed by atoms with Crippen molar-refractivity contribution in [1.82, 2.24) is 4.98 Å². The minimum atomic E-state index is 0.537. The van der Waals surface area contributed by atoms with Gasteiger partial charge in [-0.3, -0.25) is 4.98 Å². The van der Waals surface area contributed by atoms with Crippen LogP contribution in [0.1, 0.15) is 16.9 Å². The van der Waals surface area contributed by atoms with Crippen molar-refractivity contribution < 1.29 is 4.42 Å². The highest BCUT2D eigenvalue weighted by molar-refractivity contribution is 5.68. The van der Waals surface area contributed by atoms with Crippen molar-refractivity contribution in [1.29, 1.82) is 5.26 Å². The molecule has 21 heavy (non-hydrogen) atoms. The smallest absolute Gasteiger partial charge is 0.153 e. The highest BCUT2D eigenvalue weighted by Crippen LogP contribution is 2.21. The number of rotatable bonds is 3. The normalized spacial score (nSPS) is 10.6. The minimum absolute atomic E-state index is 0.537. The molecule has 0 aliphatic carbocycles. The molecule has 3 heteroatoms. The topological polar surface area (TPSA) is 49.8 Å². The van der Waals surface area contributed by atoms with Gasteiger partial charge in [0.1, 0.15) is 17.5 Å². The van der Waals surface area contributed by atoms with Gasteiger partial charge in [-0.25, -0.2) is 0 Å². The van der Waals surface area contributed by atoms with Crippen molar-refractivity contribution in [3.8, 4) is 17.5 Å². The Morgan fingerprint density at radius 1 is 0.952 bits per heavy atom. The van der Waals surface area contributed by atoms with Crippen LogP contribution in [0.4, 0.5) is 0 Å². The summed E-state index contributed by atoms with van der Waals surface area (Å²) in [5.74, 6) is 1.45. The van der Waals surface area contributed by atoms with E-state index in [1.807, 2.05) is 60.7 Å². The van der Waals surface area contributed by atoms with Gasteiger partial charge in [0.25, 0.3) is 0 Å². The zero-order chi connectivity index (χ0) is 14.5. The average Bonchev–Trinajstić information content (AvgIpc) is 3.03. The van der Waals surface area contributed by atoms with E-state index in [4.69, 9.17) is 9.68 Å². The van der Waals surface area contributed by atoms with Crippen LogP contribution in [0.15, 0.2) is 65.2 Å². The second kappa shape index (κ2) is 5.89. The summed E-state index contributed by atoms with van der Waals surface area (Å²) >= 11 is 0. The molecule has 2 heterocycles. The number of nitriles is 1. The lowest BCUT2D eigenvalue weighted by Crippen LogP contribution is -1.82. The molecule has 100 valence electrons. The summed E-state index contributed by atoms with van der Waals surface area (Å²) < 4.78 is 5.73. The van der Waals surface area contributed by atoms with Crippen LogP contribution in [-0.4, -0.2) is 4.98 Å². The summed E-state index contributed by atoms with van der Waals surface area (Å²) in [6, 6.07) is 19.4. The molecule has 3 nitrogen and oxygen atoms in total. The van der Waals surface area contributed by atoms with E-state index in [1.165, 1.54) is 6.20 Å². The molecule has 0 bridgehead atoms. The predicted molar refractivity (Wildman–Crippen MR) is 82.0 cm³/mol. The monoisotopic (exact) mass is 272 g/mol. The Balaban J connectivity index is 1.80. The fourth-order valence-electron chi connectivity index (χ4n) is 1.93. The zero-order valence-corrected chi connectivity index (χ0v) is 11.2. The third-order valence-electron chi connectivity index (χ3n) is 3.01. The van der Waals surface area contributed by atoms with Gasteiger partial charge in [0, 0.05) is 6.20 Å². The number of nitrogens with zero attached hydrogens (tertiary/aromatic N) is 2. The van der Waals surface area contributed by atoms with Crippen LogP contribution >= 0.6 is 0 Å². The molecule has 0 saturated carbocycles. The zero-order valence-electron chi connectivity index (χ0n) is 11.2. The summed E-state index contributed by atoms with van der Waals surface area (Å²) in [5, 5.41) is 8.76. The van der Waals surface area contributed by atoms with Crippen molar-refractivity contribution in [3.63, 3.8) is 0 Å². The van der Waals surface area contributed by atoms with Gasteiger partial charge in [0.2, 0.25) is 0 Å². The minimum Gasteiger partial charge on any atom is -0.455 e. The lowest BCUT2D eigenvalue weighted by molar-refractivity contribution is 0.570. The fraction of sp³-hybridized carbons (Fsp3) is 0. The highest BCUT2D eigenvalue weighted by atomic mass is 16.3. The Morgan fingerprint density at radius 2 is 1.81 bits per heavy atom. The molecular weight excluding hydrogens is 260 g/mol. The van der Waals surface area contributed by atoms with Crippen molar-refractivity contribution in [3.05, 3.63) is 77.7 Å². The summed E-state index contributed by atoms with van der Waals surface area (Å²) in [4.78, 5) is 4.21. The summed E-state index contributed by atoms with van der Waals surface area (Å²) in [6.45, 7) is 0. The van der Waals surface area contributed by atoms with E-state index < -0.39 is 0 Å². The Labute approximate surface area is 122 Å². The molecule has 0 amide bonds. The van der Waals surface area contributed by atoms with Gasteiger partial charge in [0.05, 0.1) is 5.56 Å². The molecule has 0 spiro atoms. The van der Waals surface area contributed by atoms with E-state index in [0.717, 1.165) is 11.3 Å². The van der Waals surface area contributed by atoms with E-state index in [0.29, 0.717) is 17.0 Å². The molecule has 0 N–H and O–H groups in total. The largest absolute Gasteiger partial charge is 0.455 e. The van der Waals surface area contributed by atoms with Crippen molar-refractivity contribution in [2.75, 3.05) is 0 Å². The molecule has 0 fully saturated rings. The van der Waals surface area contributed by atoms with Gasteiger partial charge in [-0.15, -0.1) is 0 Å². The van der Waals surface area contributed by atoms with E-state index in [2.05, 4.69) is 4.98 Å². The molecule has 1 aromatic carbocycles. The summed E-state index contributed by atoms with van der Waals surface area (Å²) in [7, 11) is 0. The van der Waals surface area contributed by atoms with E-state index in [-0.39, 0.29) is 0 Å². The Hall–Kier alpha value is -3.12. The van der Waals surface area contributed by atoms with Crippen LogP contribution in [0.25, 0.3) is 23.6 Å². The molecule has 2 aromatic heterocycles. The first-order chi connectivity index (χ1) is 10.3. The number of hydrogen-bond donors (Lipinski definition) is 0. The predicted octanol–water partition coefficient (Wildman–Crippen LogP) is 4.38. The van der Waals surface area contributed by atoms with E-state index in [9.17, 15) is 0 Å². The maximum Gasteiger partial charge on any atom is 0.153 e. The second-order valence-electron chi connectivity index (χ2n) is 4.49. The lowest BCUT2D eigenvalue weighted by atomic mass is 10.2. The quantitative estimate of drug-likeness (QED) is 0.710. The number of hydrogen-bond acceptors (Lipinski definition) is 3. The first kappa shape index (κ1) is 12.9. The molecule has 3 aromatic rings. The number of furan rings is 1. The Morgan fingerprint density at radius 3 is 2.52 bits per heavy atom. The van der Waals surface area contributed by atoms with Gasteiger partial charge in [-0.05, 0) is 35.9 Å². The Bertz CT molecular complexity index is 793. The van der Waals surface area contributed by atoms with E-state index >= 15 is 0 Å². The third kappa shape index (κ3) is 3.07. The van der Waals surface area contributed by atoms with Gasteiger partial charge in [-0.1, -0.05) is 36.4 Å². The molecule has 0 aliphatic rings. The second-order valence-corrected chi connectivity index (χ2v) is 4.49. The van der Waals surface area contributed by atoms with Crippen molar-refractivity contribution in [2.45, 2.75) is 0 Å². The number of aromatic nitrogens is 1. The van der Waals surface area contributed by atoms with Crippen LogP contribution in [0.5, 0.6) is 0 Å². The summed E-state index contributed by atoms with van der Waals surface area (Å²) in [6.07, 6.45) is 5.45. The molecule has 0 atom stereocenters. The number of pyridine rings is 1. The first-order valence-corrected chi connectivity index (χ1v) is 6.55. The van der Waals surface area contributed by atoms with Crippen LogP contribution in [0.3, 0.4) is 0 Å². The first-order valence-electron chi connectivity index (χ1n) is 6.55. The molecule has 0 unspecified atom stereocenters. The van der Waals surface area contributed by atoms with Gasteiger partial charge < -0.3 is 4.42 Å². The van der Waals surface area contributed by atoms with Crippen molar-refractivity contribution in [2.24, 2.45) is 0 Å². The van der Waals surface area contributed by atoms with Gasteiger partial charge in [0.15, 0.2) is 5.76 Å². The van der Waals surface area contributed by atoms with Crippen LogP contribution in [0.2, 0.25) is 0 Å². The average molecular weight is 272 g/mol. The van der Waals surface area contributed by atoms with Crippen LogP contribution < -0.4 is 0 Å². The highest BCUT2D eigenvalue weighted by Gasteiger charge is 2.04. The SMILES string of the molecule is N#Cc1ccc(-c2ccc(C=Cc3ccccc3)o2)nc1. The summed E-state index contributed by atoms with van der Waals surface area (Å²) in [5.41, 5.74) is 2.37. The van der Waals surface area contributed by atoms with Crippen molar-refractivity contribution >= 4 is 12.2 Å². The van der Waals surface area contributed by atoms with E-state index in [1.54, 1.807) is 12.1 Å².